The van der Waals surface area contributed by atoms with Crippen molar-refractivity contribution in [1.82, 2.24) is 10.7 Å². The number of carboxylic acid groups (broad SMARTS) is 1. The van der Waals surface area contributed by atoms with Crippen LogP contribution in [0, 0.1) is 0 Å². The highest BCUT2D eigenvalue weighted by molar-refractivity contribution is 5.87. The van der Waals surface area contributed by atoms with E-state index in [1.165, 1.54) is 6.21 Å². The van der Waals surface area contributed by atoms with Gasteiger partial charge in [0, 0.05) is 0 Å². The minimum absolute atomic E-state index is 0.0667. The van der Waals surface area contributed by atoms with Gasteiger partial charge in [-0.15, -0.1) is 0 Å². The van der Waals surface area contributed by atoms with Crippen LogP contribution in [0.3, 0.4) is 0 Å². The van der Waals surface area contributed by atoms with Crippen molar-refractivity contribution in [2.24, 2.45) is 5.10 Å². The third-order valence-electron chi connectivity index (χ3n) is 4.26. The molecule has 1 atom stereocenters. The van der Waals surface area contributed by atoms with Gasteiger partial charge in [0.2, 0.25) is 0 Å². The number of nitrogens with zero attached hydrogens (tertiary/aromatic N) is 1. The molecule has 0 heterocycles. The van der Waals surface area contributed by atoms with Gasteiger partial charge in [-0.25, -0.2) is 10.2 Å². The van der Waals surface area contributed by atoms with Gasteiger partial charge in [-0.1, -0.05) is 30.3 Å². The molecule has 0 bridgehead atoms. The quantitative estimate of drug-likeness (QED) is 0.310. The molecular weight excluding hydrogens is 454 g/mol. The fraction of sp³-hybridized carbons (Fsp3) is 0.360. The number of carboxylic acids is 1. The molecule has 2 rings (SSSR count). The van der Waals surface area contributed by atoms with E-state index in [-0.39, 0.29) is 26.2 Å². The largest absolute Gasteiger partial charge is 0.493 e. The summed E-state index contributed by atoms with van der Waals surface area (Å²) < 4.78 is 16.2. The van der Waals surface area contributed by atoms with E-state index in [0.717, 1.165) is 5.56 Å². The van der Waals surface area contributed by atoms with Crippen molar-refractivity contribution < 1.29 is 33.7 Å². The zero-order chi connectivity index (χ0) is 25.7. The van der Waals surface area contributed by atoms with E-state index in [0.29, 0.717) is 11.3 Å². The number of hydrogen-bond donors (Lipinski definition) is 3. The second-order valence-corrected chi connectivity index (χ2v) is 8.50. The van der Waals surface area contributed by atoms with Crippen LogP contribution < -0.4 is 15.5 Å². The lowest BCUT2D eigenvalue weighted by Crippen LogP contribution is -2.49. The SMILES string of the molecule is CC(C)(C)OC(=O)N[C@@H](COCc1ccccc1)C(=O)N/N=C\c1ccc(OCCC(=O)O)cc1. The smallest absolute Gasteiger partial charge is 0.408 e. The first kappa shape index (κ1) is 27.3. The van der Waals surface area contributed by atoms with E-state index in [1.807, 2.05) is 30.3 Å². The summed E-state index contributed by atoms with van der Waals surface area (Å²) in [7, 11) is 0. The lowest BCUT2D eigenvalue weighted by molar-refractivity contribution is -0.137. The van der Waals surface area contributed by atoms with Crippen LogP contribution in [-0.4, -0.2) is 54.1 Å². The highest BCUT2D eigenvalue weighted by Crippen LogP contribution is 2.11. The van der Waals surface area contributed by atoms with Crippen molar-refractivity contribution >= 4 is 24.2 Å². The van der Waals surface area contributed by atoms with E-state index in [1.54, 1.807) is 45.0 Å². The second-order valence-electron chi connectivity index (χ2n) is 8.50. The van der Waals surface area contributed by atoms with Gasteiger partial charge < -0.3 is 24.6 Å². The summed E-state index contributed by atoms with van der Waals surface area (Å²) in [4.78, 5) is 35.4. The summed E-state index contributed by atoms with van der Waals surface area (Å²) >= 11 is 0. The molecule has 0 saturated heterocycles. The fourth-order valence-corrected chi connectivity index (χ4v) is 2.66. The molecule has 0 spiro atoms. The predicted molar refractivity (Wildman–Crippen MR) is 129 cm³/mol. The Morgan fingerprint density at radius 3 is 2.37 bits per heavy atom. The van der Waals surface area contributed by atoms with Crippen molar-refractivity contribution in [2.75, 3.05) is 13.2 Å². The molecule has 2 amide bonds. The average Bonchev–Trinajstić information content (AvgIpc) is 2.78. The number of alkyl carbamates (subject to hydrolysis) is 1. The standard InChI is InChI=1S/C25H31N3O7/c1-25(2,3)35-24(32)27-21(17-33-16-19-7-5-4-6-8-19)23(31)28-26-15-18-9-11-20(12-10-18)34-14-13-22(29)30/h4-12,15,21H,13-14,16-17H2,1-3H3,(H,27,32)(H,28,31)(H,29,30)/b26-15-/t21-/m0/s1. The number of carbonyl (C=O) groups excluding carboxylic acids is 2. The molecule has 35 heavy (non-hydrogen) atoms. The highest BCUT2D eigenvalue weighted by atomic mass is 16.6. The molecule has 0 aliphatic carbocycles. The molecule has 188 valence electrons. The molecule has 0 radical (unpaired) electrons. The summed E-state index contributed by atoms with van der Waals surface area (Å²) in [6, 6.07) is 15.1. The predicted octanol–water partition coefficient (Wildman–Crippen LogP) is 3.10. The van der Waals surface area contributed by atoms with E-state index in [4.69, 9.17) is 19.3 Å². The first-order chi connectivity index (χ1) is 16.6. The summed E-state index contributed by atoms with van der Waals surface area (Å²) in [6.07, 6.45) is 0.584. The van der Waals surface area contributed by atoms with Crippen molar-refractivity contribution in [3.05, 3.63) is 65.7 Å². The Labute approximate surface area is 204 Å². The Balaban J connectivity index is 1.92. The molecule has 0 saturated carbocycles. The van der Waals surface area contributed by atoms with Crippen molar-refractivity contribution in [1.29, 1.82) is 0 Å². The summed E-state index contributed by atoms with van der Waals surface area (Å²) in [5, 5.41) is 15.1. The molecule has 0 aliphatic heterocycles. The third kappa shape index (κ3) is 11.7. The van der Waals surface area contributed by atoms with Gasteiger partial charge in [0.1, 0.15) is 17.4 Å². The number of amides is 2. The van der Waals surface area contributed by atoms with Crippen LogP contribution in [0.4, 0.5) is 4.79 Å². The van der Waals surface area contributed by atoms with E-state index < -0.39 is 29.6 Å². The van der Waals surface area contributed by atoms with Crippen LogP contribution in [0.15, 0.2) is 59.7 Å². The van der Waals surface area contributed by atoms with Gasteiger partial charge in [0.25, 0.3) is 5.91 Å². The third-order valence-corrected chi connectivity index (χ3v) is 4.26. The summed E-state index contributed by atoms with van der Waals surface area (Å²) in [5.41, 5.74) is 3.27. The van der Waals surface area contributed by atoms with Crippen LogP contribution in [0.2, 0.25) is 0 Å². The number of rotatable bonds is 12. The molecule has 2 aromatic carbocycles. The highest BCUT2D eigenvalue weighted by Gasteiger charge is 2.24. The fourth-order valence-electron chi connectivity index (χ4n) is 2.66. The Kier molecular flexibility index (Phi) is 10.7. The van der Waals surface area contributed by atoms with Crippen LogP contribution in [0.1, 0.15) is 38.3 Å². The minimum atomic E-state index is -1.03. The number of benzene rings is 2. The lowest BCUT2D eigenvalue weighted by Gasteiger charge is -2.22. The van der Waals surface area contributed by atoms with Crippen LogP contribution in [0.5, 0.6) is 5.75 Å². The Morgan fingerprint density at radius 1 is 1.06 bits per heavy atom. The zero-order valence-corrected chi connectivity index (χ0v) is 20.0. The molecular formula is C25H31N3O7. The van der Waals surface area contributed by atoms with E-state index in [2.05, 4.69) is 15.8 Å². The topological polar surface area (TPSA) is 136 Å². The Morgan fingerprint density at radius 2 is 1.74 bits per heavy atom. The van der Waals surface area contributed by atoms with Gasteiger partial charge in [-0.3, -0.25) is 9.59 Å². The first-order valence-corrected chi connectivity index (χ1v) is 11.0. The number of ether oxygens (including phenoxy) is 3. The molecule has 0 aliphatic rings. The van der Waals surface area contributed by atoms with Crippen molar-refractivity contribution in [3.8, 4) is 5.75 Å². The maximum absolute atomic E-state index is 12.7. The van der Waals surface area contributed by atoms with Crippen LogP contribution in [0.25, 0.3) is 0 Å². The molecule has 2 aromatic rings. The number of nitrogens with one attached hydrogen (secondary N) is 2. The van der Waals surface area contributed by atoms with Gasteiger partial charge in [0.15, 0.2) is 0 Å². The Bertz CT molecular complexity index is 986. The lowest BCUT2D eigenvalue weighted by atomic mass is 10.2. The molecule has 0 fully saturated rings. The maximum Gasteiger partial charge on any atom is 0.408 e. The number of hydrazone groups is 1. The van der Waals surface area contributed by atoms with Gasteiger partial charge >= 0.3 is 12.1 Å². The molecule has 10 heteroatoms. The Hall–Kier alpha value is -3.92. The number of aliphatic carboxylic acids is 1. The molecule has 0 unspecified atom stereocenters. The zero-order valence-electron chi connectivity index (χ0n) is 20.0. The average molecular weight is 486 g/mol. The maximum atomic E-state index is 12.7. The minimum Gasteiger partial charge on any atom is -0.493 e. The van der Waals surface area contributed by atoms with Gasteiger partial charge in [-0.05, 0) is 56.2 Å². The summed E-state index contributed by atoms with van der Waals surface area (Å²) in [5.74, 6) is -0.993. The summed E-state index contributed by atoms with van der Waals surface area (Å²) in [6.45, 7) is 5.42. The van der Waals surface area contributed by atoms with Gasteiger partial charge in [0.05, 0.1) is 32.5 Å². The van der Waals surface area contributed by atoms with Crippen LogP contribution in [-0.2, 0) is 25.7 Å². The van der Waals surface area contributed by atoms with Crippen molar-refractivity contribution in [2.45, 2.75) is 45.4 Å². The monoisotopic (exact) mass is 485 g/mol. The molecule has 10 nitrogen and oxygen atoms in total. The van der Waals surface area contributed by atoms with E-state index in [9.17, 15) is 14.4 Å². The van der Waals surface area contributed by atoms with Crippen LogP contribution >= 0.6 is 0 Å². The first-order valence-electron chi connectivity index (χ1n) is 11.0. The van der Waals surface area contributed by atoms with E-state index >= 15 is 0 Å². The number of carbonyl (C=O) groups is 3. The second kappa shape index (κ2) is 13.7. The van der Waals surface area contributed by atoms with Crippen molar-refractivity contribution in [3.63, 3.8) is 0 Å². The normalized spacial score (nSPS) is 12.1. The molecule has 3 N–H and O–H groups in total. The van der Waals surface area contributed by atoms with Gasteiger partial charge in [-0.2, -0.15) is 5.10 Å². The number of hydrogen-bond acceptors (Lipinski definition) is 7. The molecule has 0 aromatic heterocycles.